The Labute approximate surface area is 121 Å². The van der Waals surface area contributed by atoms with Crippen LogP contribution in [0.15, 0.2) is 42.5 Å². The predicted molar refractivity (Wildman–Crippen MR) is 76.0 cm³/mol. The van der Waals surface area contributed by atoms with Crippen molar-refractivity contribution < 1.29 is 13.6 Å². The van der Waals surface area contributed by atoms with Gasteiger partial charge >= 0.3 is 0 Å². The number of benzene rings is 2. The molecule has 108 valence electrons. The smallest absolute Gasteiger partial charge is 0.264 e. The molecule has 3 nitrogen and oxygen atoms in total. The number of fused-ring (bicyclic) bond motifs is 1. The second kappa shape index (κ2) is 5.26. The van der Waals surface area contributed by atoms with Gasteiger partial charge in [0.05, 0.1) is 0 Å². The monoisotopic (exact) mass is 288 g/mol. The third kappa shape index (κ3) is 2.29. The standard InChI is InChI=1S/C16H14F2N2O/c17-11-5-3-6-12(18)15(11)16(21)20-9-8-13(19)10-4-1-2-7-14(10)20/h1-7,13H,8-9,19H2. The number of amides is 1. The van der Waals surface area contributed by atoms with Crippen LogP contribution >= 0.6 is 0 Å². The van der Waals surface area contributed by atoms with E-state index in [4.69, 9.17) is 5.73 Å². The summed E-state index contributed by atoms with van der Waals surface area (Å²) in [6.45, 7) is 0.338. The molecule has 1 heterocycles. The van der Waals surface area contributed by atoms with Gasteiger partial charge in [-0.2, -0.15) is 0 Å². The predicted octanol–water partition coefficient (Wildman–Crippen LogP) is 3.02. The average Bonchev–Trinajstić information content (AvgIpc) is 2.47. The molecule has 1 unspecified atom stereocenters. The molecule has 0 bridgehead atoms. The molecule has 21 heavy (non-hydrogen) atoms. The number of nitrogens with two attached hydrogens (primary N) is 1. The van der Waals surface area contributed by atoms with Gasteiger partial charge in [-0.05, 0) is 30.2 Å². The fourth-order valence-corrected chi connectivity index (χ4v) is 2.64. The first-order valence-corrected chi connectivity index (χ1v) is 6.70. The zero-order valence-electron chi connectivity index (χ0n) is 11.2. The van der Waals surface area contributed by atoms with Crippen molar-refractivity contribution in [2.75, 3.05) is 11.4 Å². The minimum absolute atomic E-state index is 0.171. The molecule has 0 saturated heterocycles. The zero-order chi connectivity index (χ0) is 15.0. The van der Waals surface area contributed by atoms with E-state index in [-0.39, 0.29) is 6.04 Å². The largest absolute Gasteiger partial charge is 0.324 e. The van der Waals surface area contributed by atoms with E-state index in [1.54, 1.807) is 12.1 Å². The van der Waals surface area contributed by atoms with Gasteiger partial charge in [-0.3, -0.25) is 4.79 Å². The second-order valence-electron chi connectivity index (χ2n) is 5.01. The number of nitrogens with zero attached hydrogens (tertiary/aromatic N) is 1. The lowest BCUT2D eigenvalue weighted by molar-refractivity contribution is 0.0976. The summed E-state index contributed by atoms with van der Waals surface area (Å²) in [7, 11) is 0. The molecule has 2 aromatic carbocycles. The summed E-state index contributed by atoms with van der Waals surface area (Å²) in [4.78, 5) is 13.9. The Hall–Kier alpha value is -2.27. The number of halogens is 2. The van der Waals surface area contributed by atoms with Crippen molar-refractivity contribution in [2.45, 2.75) is 12.5 Å². The molecule has 1 aliphatic rings. The summed E-state index contributed by atoms with van der Waals surface area (Å²) in [5, 5.41) is 0. The number of carbonyl (C=O) groups is 1. The van der Waals surface area contributed by atoms with E-state index in [2.05, 4.69) is 0 Å². The van der Waals surface area contributed by atoms with E-state index in [1.807, 2.05) is 12.1 Å². The van der Waals surface area contributed by atoms with Crippen molar-refractivity contribution >= 4 is 11.6 Å². The summed E-state index contributed by atoms with van der Waals surface area (Å²) in [6.07, 6.45) is 0.554. The van der Waals surface area contributed by atoms with Crippen LogP contribution in [0.25, 0.3) is 0 Å². The molecule has 0 aromatic heterocycles. The molecule has 0 fully saturated rings. The summed E-state index contributed by atoms with van der Waals surface area (Å²) in [5.74, 6) is -2.38. The molecule has 1 aliphatic heterocycles. The molecule has 2 aromatic rings. The SMILES string of the molecule is NC1CCN(C(=O)c2c(F)cccc2F)c2ccccc21. The van der Waals surface area contributed by atoms with E-state index >= 15 is 0 Å². The Balaban J connectivity index is 2.06. The van der Waals surface area contributed by atoms with Crippen molar-refractivity contribution in [3.05, 3.63) is 65.2 Å². The average molecular weight is 288 g/mol. The highest BCUT2D eigenvalue weighted by Crippen LogP contribution is 2.33. The molecule has 0 saturated carbocycles. The van der Waals surface area contributed by atoms with Crippen LogP contribution in [0.2, 0.25) is 0 Å². The number of para-hydroxylation sites is 1. The van der Waals surface area contributed by atoms with Gasteiger partial charge in [0.15, 0.2) is 0 Å². The van der Waals surface area contributed by atoms with Gasteiger partial charge in [-0.1, -0.05) is 24.3 Å². The van der Waals surface area contributed by atoms with Crippen LogP contribution in [0.4, 0.5) is 14.5 Å². The molecule has 5 heteroatoms. The molecule has 1 atom stereocenters. The Bertz CT molecular complexity index is 682. The minimum atomic E-state index is -0.854. The maximum atomic E-state index is 13.8. The Kier molecular flexibility index (Phi) is 3.43. The summed E-state index contributed by atoms with van der Waals surface area (Å²) in [6, 6.07) is 10.4. The zero-order valence-corrected chi connectivity index (χ0v) is 11.2. The first-order chi connectivity index (χ1) is 10.1. The van der Waals surface area contributed by atoms with Gasteiger partial charge in [0.2, 0.25) is 0 Å². The summed E-state index contributed by atoms with van der Waals surface area (Å²) >= 11 is 0. The van der Waals surface area contributed by atoms with Gasteiger partial charge in [0, 0.05) is 18.3 Å². The molecule has 0 radical (unpaired) electrons. The highest BCUT2D eigenvalue weighted by atomic mass is 19.1. The fourth-order valence-electron chi connectivity index (χ4n) is 2.64. The summed E-state index contributed by atoms with van der Waals surface area (Å²) in [5.41, 5.74) is 6.92. The van der Waals surface area contributed by atoms with Crippen molar-refractivity contribution in [3.63, 3.8) is 0 Å². The molecule has 2 N–H and O–H groups in total. The quantitative estimate of drug-likeness (QED) is 0.876. The van der Waals surface area contributed by atoms with E-state index in [1.165, 1.54) is 11.0 Å². The van der Waals surface area contributed by atoms with Crippen LogP contribution in [0.1, 0.15) is 28.4 Å². The maximum Gasteiger partial charge on any atom is 0.264 e. The van der Waals surface area contributed by atoms with Crippen LogP contribution in [0.3, 0.4) is 0 Å². The molecule has 1 amide bonds. The van der Waals surface area contributed by atoms with Gasteiger partial charge in [0.1, 0.15) is 17.2 Å². The summed E-state index contributed by atoms with van der Waals surface area (Å²) < 4.78 is 27.6. The number of carbonyl (C=O) groups excluding carboxylic acids is 1. The van der Waals surface area contributed by atoms with Crippen LogP contribution in [-0.4, -0.2) is 12.5 Å². The van der Waals surface area contributed by atoms with Gasteiger partial charge < -0.3 is 10.6 Å². The topological polar surface area (TPSA) is 46.3 Å². The third-order valence-corrected chi connectivity index (χ3v) is 3.71. The van der Waals surface area contributed by atoms with Gasteiger partial charge in [-0.15, -0.1) is 0 Å². The van der Waals surface area contributed by atoms with Crippen LogP contribution in [0, 0.1) is 11.6 Å². The van der Waals surface area contributed by atoms with Crippen LogP contribution in [-0.2, 0) is 0 Å². The molecular weight excluding hydrogens is 274 g/mol. The normalized spacial score (nSPS) is 17.5. The lowest BCUT2D eigenvalue weighted by Crippen LogP contribution is -2.39. The van der Waals surface area contributed by atoms with E-state index in [9.17, 15) is 13.6 Å². The minimum Gasteiger partial charge on any atom is -0.324 e. The molecular formula is C16H14F2N2O. The number of hydrogen-bond donors (Lipinski definition) is 1. The Morgan fingerprint density at radius 2 is 1.76 bits per heavy atom. The Morgan fingerprint density at radius 3 is 2.48 bits per heavy atom. The van der Waals surface area contributed by atoms with Gasteiger partial charge in [0.25, 0.3) is 5.91 Å². The Morgan fingerprint density at radius 1 is 1.10 bits per heavy atom. The second-order valence-corrected chi connectivity index (χ2v) is 5.01. The molecule has 3 rings (SSSR count). The first kappa shape index (κ1) is 13.7. The first-order valence-electron chi connectivity index (χ1n) is 6.70. The lowest BCUT2D eigenvalue weighted by Gasteiger charge is -2.32. The molecule has 0 aliphatic carbocycles. The number of rotatable bonds is 1. The fraction of sp³-hybridized carbons (Fsp3) is 0.188. The van der Waals surface area contributed by atoms with E-state index in [0.29, 0.717) is 18.7 Å². The van der Waals surface area contributed by atoms with E-state index in [0.717, 1.165) is 17.7 Å². The highest BCUT2D eigenvalue weighted by molar-refractivity contribution is 6.07. The van der Waals surface area contributed by atoms with Crippen molar-refractivity contribution in [3.8, 4) is 0 Å². The van der Waals surface area contributed by atoms with Crippen LogP contribution in [0.5, 0.6) is 0 Å². The number of hydrogen-bond acceptors (Lipinski definition) is 2. The van der Waals surface area contributed by atoms with Crippen molar-refractivity contribution in [2.24, 2.45) is 5.73 Å². The maximum absolute atomic E-state index is 13.8. The van der Waals surface area contributed by atoms with Crippen molar-refractivity contribution in [1.82, 2.24) is 0 Å². The third-order valence-electron chi connectivity index (χ3n) is 3.71. The lowest BCUT2D eigenvalue weighted by atomic mass is 9.96. The number of anilines is 1. The van der Waals surface area contributed by atoms with E-state index < -0.39 is 23.1 Å². The van der Waals surface area contributed by atoms with Crippen molar-refractivity contribution in [1.29, 1.82) is 0 Å². The molecule has 0 spiro atoms. The van der Waals surface area contributed by atoms with Crippen LogP contribution < -0.4 is 10.6 Å². The van der Waals surface area contributed by atoms with Gasteiger partial charge in [-0.25, -0.2) is 8.78 Å². The highest BCUT2D eigenvalue weighted by Gasteiger charge is 2.30.